The van der Waals surface area contributed by atoms with Crippen molar-refractivity contribution in [3.63, 3.8) is 0 Å². The highest BCUT2D eigenvalue weighted by atomic mass is 14.8. The average Bonchev–Trinajstić information content (AvgIpc) is 2.29. The van der Waals surface area contributed by atoms with Crippen LogP contribution in [0, 0.1) is 5.92 Å². The smallest absolute Gasteiger partial charge is 0.0421 e. The SMILES string of the molecule is CCC1CCCC(N)(Cc2ccccn2)C1. The molecule has 2 N–H and O–H groups in total. The lowest BCUT2D eigenvalue weighted by Gasteiger charge is -2.37. The molecule has 0 aromatic carbocycles. The second kappa shape index (κ2) is 4.96. The molecule has 0 radical (unpaired) electrons. The summed E-state index contributed by atoms with van der Waals surface area (Å²) in [6.07, 6.45) is 9.02. The van der Waals surface area contributed by atoms with Crippen LogP contribution in [0.5, 0.6) is 0 Å². The van der Waals surface area contributed by atoms with Crippen LogP contribution in [0.1, 0.15) is 44.7 Å². The number of rotatable bonds is 3. The molecule has 1 fully saturated rings. The van der Waals surface area contributed by atoms with Crippen molar-refractivity contribution >= 4 is 0 Å². The highest BCUT2D eigenvalue weighted by molar-refractivity contribution is 5.09. The fourth-order valence-corrected chi connectivity index (χ4v) is 2.89. The second-order valence-electron chi connectivity index (χ2n) is 5.23. The normalized spacial score (nSPS) is 30.2. The lowest BCUT2D eigenvalue weighted by molar-refractivity contribution is 0.217. The Labute approximate surface area is 98.3 Å². The summed E-state index contributed by atoms with van der Waals surface area (Å²) < 4.78 is 0. The molecular formula is C14H22N2. The van der Waals surface area contributed by atoms with Crippen molar-refractivity contribution in [2.75, 3.05) is 0 Å². The van der Waals surface area contributed by atoms with E-state index in [2.05, 4.69) is 18.0 Å². The number of aromatic nitrogens is 1. The van der Waals surface area contributed by atoms with Gasteiger partial charge in [0, 0.05) is 23.9 Å². The summed E-state index contributed by atoms with van der Waals surface area (Å²) in [5.41, 5.74) is 7.65. The van der Waals surface area contributed by atoms with Crippen LogP contribution in [-0.4, -0.2) is 10.5 Å². The van der Waals surface area contributed by atoms with Gasteiger partial charge in [0.05, 0.1) is 0 Å². The summed E-state index contributed by atoms with van der Waals surface area (Å²) >= 11 is 0. The van der Waals surface area contributed by atoms with Gasteiger partial charge in [0.1, 0.15) is 0 Å². The van der Waals surface area contributed by atoms with Crippen molar-refractivity contribution in [1.29, 1.82) is 0 Å². The van der Waals surface area contributed by atoms with E-state index in [1.165, 1.54) is 25.7 Å². The van der Waals surface area contributed by atoms with E-state index in [4.69, 9.17) is 5.73 Å². The Bertz CT molecular complexity index is 323. The quantitative estimate of drug-likeness (QED) is 0.847. The molecule has 88 valence electrons. The number of pyridine rings is 1. The first-order chi connectivity index (χ1) is 7.72. The summed E-state index contributed by atoms with van der Waals surface area (Å²) in [5.74, 6) is 0.822. The molecule has 0 bridgehead atoms. The van der Waals surface area contributed by atoms with Crippen molar-refractivity contribution in [1.82, 2.24) is 4.98 Å². The lowest BCUT2D eigenvalue weighted by Crippen LogP contribution is -2.46. The Balaban J connectivity index is 2.02. The molecule has 2 unspecified atom stereocenters. The van der Waals surface area contributed by atoms with E-state index in [0.29, 0.717) is 0 Å². The Morgan fingerprint density at radius 2 is 2.38 bits per heavy atom. The maximum Gasteiger partial charge on any atom is 0.0421 e. The van der Waals surface area contributed by atoms with Crippen LogP contribution in [0.25, 0.3) is 0 Å². The van der Waals surface area contributed by atoms with E-state index in [-0.39, 0.29) is 5.54 Å². The molecule has 1 aliphatic carbocycles. The Kier molecular flexibility index (Phi) is 3.59. The van der Waals surface area contributed by atoms with E-state index >= 15 is 0 Å². The van der Waals surface area contributed by atoms with E-state index in [9.17, 15) is 0 Å². The van der Waals surface area contributed by atoms with Crippen LogP contribution in [-0.2, 0) is 6.42 Å². The molecule has 1 aromatic rings. The maximum atomic E-state index is 6.52. The predicted molar refractivity (Wildman–Crippen MR) is 67.1 cm³/mol. The highest BCUT2D eigenvalue weighted by Gasteiger charge is 2.32. The van der Waals surface area contributed by atoms with Gasteiger partial charge in [-0.2, -0.15) is 0 Å². The van der Waals surface area contributed by atoms with Gasteiger partial charge in [-0.1, -0.05) is 32.3 Å². The van der Waals surface area contributed by atoms with Crippen molar-refractivity contribution in [3.05, 3.63) is 30.1 Å². The standard InChI is InChI=1S/C14H22N2/c1-2-12-6-5-8-14(15,10-12)11-13-7-3-4-9-16-13/h3-4,7,9,12H,2,5-6,8,10-11,15H2,1H3. The Morgan fingerprint density at radius 3 is 3.06 bits per heavy atom. The monoisotopic (exact) mass is 218 g/mol. The zero-order valence-electron chi connectivity index (χ0n) is 10.2. The minimum absolute atomic E-state index is 0.00667. The van der Waals surface area contributed by atoms with Gasteiger partial charge < -0.3 is 5.73 Å². The molecule has 2 rings (SSSR count). The number of hydrogen-bond donors (Lipinski definition) is 1. The molecular weight excluding hydrogens is 196 g/mol. The third-order valence-electron chi connectivity index (χ3n) is 3.82. The molecule has 2 atom stereocenters. The second-order valence-corrected chi connectivity index (χ2v) is 5.23. The first kappa shape index (κ1) is 11.6. The minimum Gasteiger partial charge on any atom is -0.325 e. The van der Waals surface area contributed by atoms with E-state index < -0.39 is 0 Å². The van der Waals surface area contributed by atoms with Gasteiger partial charge in [0.25, 0.3) is 0 Å². The van der Waals surface area contributed by atoms with Crippen LogP contribution in [0.4, 0.5) is 0 Å². The molecule has 2 heteroatoms. The summed E-state index contributed by atoms with van der Waals surface area (Å²) in [7, 11) is 0. The molecule has 1 saturated carbocycles. The number of nitrogens with zero attached hydrogens (tertiary/aromatic N) is 1. The van der Waals surface area contributed by atoms with E-state index in [0.717, 1.165) is 24.5 Å². The maximum absolute atomic E-state index is 6.52. The van der Waals surface area contributed by atoms with Crippen molar-refractivity contribution in [2.45, 2.75) is 51.0 Å². The largest absolute Gasteiger partial charge is 0.325 e. The number of nitrogens with two attached hydrogens (primary N) is 1. The zero-order valence-corrected chi connectivity index (χ0v) is 10.2. The fourth-order valence-electron chi connectivity index (χ4n) is 2.89. The molecule has 1 aromatic heterocycles. The first-order valence-electron chi connectivity index (χ1n) is 6.41. The molecule has 2 nitrogen and oxygen atoms in total. The van der Waals surface area contributed by atoms with E-state index in [1.54, 1.807) is 0 Å². The predicted octanol–water partition coefficient (Wildman–Crippen LogP) is 2.92. The average molecular weight is 218 g/mol. The van der Waals surface area contributed by atoms with Crippen LogP contribution in [0.2, 0.25) is 0 Å². The van der Waals surface area contributed by atoms with Crippen LogP contribution in [0.15, 0.2) is 24.4 Å². The van der Waals surface area contributed by atoms with Gasteiger partial charge in [-0.3, -0.25) is 4.98 Å². The minimum atomic E-state index is -0.00667. The molecule has 1 heterocycles. The van der Waals surface area contributed by atoms with Crippen molar-refractivity contribution < 1.29 is 0 Å². The Morgan fingerprint density at radius 1 is 1.50 bits per heavy atom. The fraction of sp³-hybridized carbons (Fsp3) is 0.643. The third-order valence-corrected chi connectivity index (χ3v) is 3.82. The van der Waals surface area contributed by atoms with Gasteiger partial charge in [-0.15, -0.1) is 0 Å². The van der Waals surface area contributed by atoms with E-state index in [1.807, 2.05) is 18.3 Å². The summed E-state index contributed by atoms with van der Waals surface area (Å²) in [6.45, 7) is 2.27. The van der Waals surface area contributed by atoms with Gasteiger partial charge in [0.2, 0.25) is 0 Å². The summed E-state index contributed by atoms with van der Waals surface area (Å²) in [6, 6.07) is 6.10. The van der Waals surface area contributed by atoms with Crippen LogP contribution >= 0.6 is 0 Å². The summed E-state index contributed by atoms with van der Waals surface area (Å²) in [5, 5.41) is 0. The molecule has 0 saturated heterocycles. The molecule has 16 heavy (non-hydrogen) atoms. The van der Waals surface area contributed by atoms with Gasteiger partial charge >= 0.3 is 0 Å². The van der Waals surface area contributed by atoms with Crippen LogP contribution in [0.3, 0.4) is 0 Å². The first-order valence-corrected chi connectivity index (χ1v) is 6.41. The molecule has 0 aliphatic heterocycles. The van der Waals surface area contributed by atoms with Gasteiger partial charge in [-0.25, -0.2) is 0 Å². The lowest BCUT2D eigenvalue weighted by atomic mass is 9.73. The van der Waals surface area contributed by atoms with Gasteiger partial charge in [0.15, 0.2) is 0 Å². The van der Waals surface area contributed by atoms with Crippen molar-refractivity contribution in [2.24, 2.45) is 11.7 Å². The number of hydrogen-bond acceptors (Lipinski definition) is 2. The molecule has 1 aliphatic rings. The van der Waals surface area contributed by atoms with Crippen molar-refractivity contribution in [3.8, 4) is 0 Å². The molecule has 0 spiro atoms. The zero-order chi connectivity index (χ0) is 11.4. The Hall–Kier alpha value is -0.890. The molecule has 0 amide bonds. The third kappa shape index (κ3) is 2.82. The topological polar surface area (TPSA) is 38.9 Å². The summed E-state index contributed by atoms with van der Waals surface area (Å²) in [4.78, 5) is 4.39. The van der Waals surface area contributed by atoms with Gasteiger partial charge in [-0.05, 0) is 30.9 Å². The highest BCUT2D eigenvalue weighted by Crippen LogP contribution is 2.34. The van der Waals surface area contributed by atoms with Crippen LogP contribution < -0.4 is 5.73 Å².